The Balaban J connectivity index is 2.39. The lowest BCUT2D eigenvalue weighted by Crippen LogP contribution is -2.54. The van der Waals surface area contributed by atoms with E-state index >= 15 is 0 Å². The smallest absolute Gasteiger partial charge is 0.408 e. The molecule has 0 radical (unpaired) electrons. The third-order valence-electron chi connectivity index (χ3n) is 3.94. The number of rotatable bonds is 5. The normalized spacial score (nSPS) is 20.0. The SMILES string of the molecule is CN=C(NCC1CCCN1C)NCC(C)(C)NC(=O)OC(C)(C)C. The van der Waals surface area contributed by atoms with Gasteiger partial charge in [-0.05, 0) is 61.1 Å². The van der Waals surface area contributed by atoms with Crippen LogP contribution in [0, 0.1) is 0 Å². The van der Waals surface area contributed by atoms with Crippen molar-refractivity contribution in [1.29, 1.82) is 0 Å². The summed E-state index contributed by atoms with van der Waals surface area (Å²) in [5, 5.41) is 9.51. The summed E-state index contributed by atoms with van der Waals surface area (Å²) >= 11 is 0. The van der Waals surface area contributed by atoms with Crippen molar-refractivity contribution in [1.82, 2.24) is 20.9 Å². The zero-order valence-electron chi connectivity index (χ0n) is 16.3. The summed E-state index contributed by atoms with van der Waals surface area (Å²) in [6, 6.07) is 0.552. The summed E-state index contributed by atoms with van der Waals surface area (Å²) in [4.78, 5) is 18.5. The van der Waals surface area contributed by atoms with Gasteiger partial charge in [-0.25, -0.2) is 4.79 Å². The van der Waals surface area contributed by atoms with Crippen LogP contribution in [0.25, 0.3) is 0 Å². The van der Waals surface area contributed by atoms with Gasteiger partial charge in [-0.15, -0.1) is 0 Å². The molecule has 3 N–H and O–H groups in total. The molecule has 1 unspecified atom stereocenters. The van der Waals surface area contributed by atoms with Gasteiger partial charge in [-0.3, -0.25) is 4.99 Å². The second-order valence-electron chi connectivity index (χ2n) is 8.09. The highest BCUT2D eigenvalue weighted by molar-refractivity contribution is 5.79. The summed E-state index contributed by atoms with van der Waals surface area (Å²) < 4.78 is 5.30. The molecule has 0 bridgehead atoms. The molecule has 1 aliphatic heterocycles. The van der Waals surface area contributed by atoms with Gasteiger partial charge in [0.05, 0.1) is 5.54 Å². The molecule has 1 aliphatic rings. The molecule has 7 nitrogen and oxygen atoms in total. The second-order valence-corrected chi connectivity index (χ2v) is 8.09. The molecule has 1 saturated heterocycles. The van der Waals surface area contributed by atoms with Crippen LogP contribution < -0.4 is 16.0 Å². The number of hydrogen-bond donors (Lipinski definition) is 3. The Bertz CT molecular complexity index is 443. The monoisotopic (exact) mass is 341 g/mol. The molecule has 1 amide bonds. The number of ether oxygens (including phenoxy) is 1. The molecule has 0 aromatic rings. The number of hydrogen-bond acceptors (Lipinski definition) is 4. The number of alkyl carbamates (subject to hydrolysis) is 1. The van der Waals surface area contributed by atoms with Crippen molar-refractivity contribution in [2.45, 2.75) is 64.6 Å². The van der Waals surface area contributed by atoms with Crippen molar-refractivity contribution in [3.8, 4) is 0 Å². The fourth-order valence-electron chi connectivity index (χ4n) is 2.60. The Labute approximate surface area is 146 Å². The summed E-state index contributed by atoms with van der Waals surface area (Å²) in [6.07, 6.45) is 2.05. The van der Waals surface area contributed by atoms with Crippen LogP contribution in [-0.4, -0.2) is 67.9 Å². The van der Waals surface area contributed by atoms with Crippen LogP contribution in [-0.2, 0) is 4.74 Å². The van der Waals surface area contributed by atoms with Gasteiger partial charge in [0.1, 0.15) is 5.60 Å². The van der Waals surface area contributed by atoms with Gasteiger partial charge in [-0.1, -0.05) is 0 Å². The van der Waals surface area contributed by atoms with E-state index in [1.54, 1.807) is 7.05 Å². The Hall–Kier alpha value is -1.50. The average Bonchev–Trinajstić information content (AvgIpc) is 2.81. The lowest BCUT2D eigenvalue weighted by Gasteiger charge is -2.29. The summed E-state index contributed by atoms with van der Waals surface area (Å²) in [6.45, 7) is 12.0. The van der Waals surface area contributed by atoms with Crippen LogP contribution in [0.5, 0.6) is 0 Å². The first-order chi connectivity index (χ1) is 11.0. The molecule has 1 fully saturated rings. The fraction of sp³-hybridized carbons (Fsp3) is 0.882. The Morgan fingerprint density at radius 2 is 1.92 bits per heavy atom. The van der Waals surface area contributed by atoms with Crippen LogP contribution in [0.4, 0.5) is 4.79 Å². The number of carbonyl (C=O) groups excluding carboxylic acids is 1. The minimum absolute atomic E-state index is 0.412. The van der Waals surface area contributed by atoms with Gasteiger partial charge < -0.3 is 25.6 Å². The molecule has 0 aromatic heterocycles. The summed E-state index contributed by atoms with van der Waals surface area (Å²) in [5.74, 6) is 0.745. The topological polar surface area (TPSA) is 78.0 Å². The lowest BCUT2D eigenvalue weighted by molar-refractivity contribution is 0.0474. The van der Waals surface area contributed by atoms with E-state index in [1.807, 2.05) is 34.6 Å². The summed E-state index contributed by atoms with van der Waals surface area (Å²) in [7, 11) is 3.91. The average molecular weight is 342 g/mol. The standard InChI is InChI=1S/C17H35N5O2/c1-16(2,3)24-15(23)21-17(4,5)12-20-14(18-6)19-11-13-9-8-10-22(13)7/h13H,8-12H2,1-7H3,(H,21,23)(H2,18,19,20). The molecule has 1 rings (SSSR count). The zero-order chi connectivity index (χ0) is 18.4. The van der Waals surface area contributed by atoms with Crippen LogP contribution in [0.3, 0.4) is 0 Å². The Morgan fingerprint density at radius 1 is 1.25 bits per heavy atom. The van der Waals surface area contributed by atoms with E-state index in [1.165, 1.54) is 12.8 Å². The van der Waals surface area contributed by atoms with E-state index in [9.17, 15) is 4.79 Å². The fourth-order valence-corrected chi connectivity index (χ4v) is 2.60. The minimum Gasteiger partial charge on any atom is -0.444 e. The highest BCUT2D eigenvalue weighted by atomic mass is 16.6. The number of likely N-dealkylation sites (N-methyl/N-ethyl adjacent to an activating group) is 1. The van der Waals surface area contributed by atoms with E-state index in [2.05, 4.69) is 32.9 Å². The van der Waals surface area contributed by atoms with Gasteiger partial charge in [0.2, 0.25) is 0 Å². The van der Waals surface area contributed by atoms with Crippen LogP contribution in [0.15, 0.2) is 4.99 Å². The first-order valence-corrected chi connectivity index (χ1v) is 8.68. The molecule has 0 saturated carbocycles. The van der Waals surface area contributed by atoms with Crippen LogP contribution >= 0.6 is 0 Å². The van der Waals surface area contributed by atoms with Crippen molar-refractivity contribution >= 4 is 12.1 Å². The van der Waals surface area contributed by atoms with Crippen LogP contribution in [0.2, 0.25) is 0 Å². The third-order valence-corrected chi connectivity index (χ3v) is 3.94. The quantitative estimate of drug-likeness (QED) is 0.522. The number of carbonyl (C=O) groups is 1. The van der Waals surface area contributed by atoms with Gasteiger partial charge in [0.25, 0.3) is 0 Å². The molecule has 1 heterocycles. The van der Waals surface area contributed by atoms with E-state index in [4.69, 9.17) is 4.74 Å². The summed E-state index contributed by atoms with van der Waals surface area (Å²) in [5.41, 5.74) is -0.956. The minimum atomic E-state index is -0.501. The lowest BCUT2D eigenvalue weighted by atomic mass is 10.1. The zero-order valence-corrected chi connectivity index (χ0v) is 16.3. The Morgan fingerprint density at radius 3 is 2.42 bits per heavy atom. The predicted octanol–water partition coefficient (Wildman–Crippen LogP) is 1.55. The van der Waals surface area contributed by atoms with Gasteiger partial charge in [0.15, 0.2) is 5.96 Å². The molecule has 140 valence electrons. The molecule has 0 aromatic carbocycles. The van der Waals surface area contributed by atoms with Gasteiger partial charge in [-0.2, -0.15) is 0 Å². The van der Waals surface area contributed by atoms with E-state index in [0.717, 1.165) is 19.0 Å². The number of guanidine groups is 1. The van der Waals surface area contributed by atoms with Crippen molar-refractivity contribution in [3.05, 3.63) is 0 Å². The first kappa shape index (κ1) is 20.5. The van der Waals surface area contributed by atoms with E-state index in [0.29, 0.717) is 12.6 Å². The largest absolute Gasteiger partial charge is 0.444 e. The van der Waals surface area contributed by atoms with E-state index in [-0.39, 0.29) is 0 Å². The number of aliphatic imine (C=N–C) groups is 1. The van der Waals surface area contributed by atoms with Crippen molar-refractivity contribution in [2.75, 3.05) is 33.7 Å². The molecule has 1 atom stereocenters. The highest BCUT2D eigenvalue weighted by Gasteiger charge is 2.25. The highest BCUT2D eigenvalue weighted by Crippen LogP contribution is 2.13. The number of amides is 1. The molecule has 0 spiro atoms. The van der Waals surface area contributed by atoms with E-state index < -0.39 is 17.2 Å². The molecule has 0 aliphatic carbocycles. The van der Waals surface area contributed by atoms with Crippen molar-refractivity contribution in [3.63, 3.8) is 0 Å². The predicted molar refractivity (Wildman–Crippen MR) is 98.5 cm³/mol. The molecular weight excluding hydrogens is 306 g/mol. The maximum Gasteiger partial charge on any atom is 0.408 e. The number of likely N-dealkylation sites (tertiary alicyclic amines) is 1. The first-order valence-electron chi connectivity index (χ1n) is 8.68. The van der Waals surface area contributed by atoms with Crippen molar-refractivity contribution in [2.24, 2.45) is 4.99 Å². The molecule has 24 heavy (non-hydrogen) atoms. The number of nitrogens with one attached hydrogen (secondary N) is 3. The number of nitrogens with zero attached hydrogens (tertiary/aromatic N) is 2. The molecule has 7 heteroatoms. The maximum atomic E-state index is 11.9. The van der Waals surface area contributed by atoms with Gasteiger partial charge >= 0.3 is 6.09 Å². The maximum absolute atomic E-state index is 11.9. The third kappa shape index (κ3) is 7.86. The second kappa shape index (κ2) is 8.55. The van der Waals surface area contributed by atoms with Crippen LogP contribution in [0.1, 0.15) is 47.5 Å². The molecular formula is C17H35N5O2. The Kier molecular flexibility index (Phi) is 7.32. The van der Waals surface area contributed by atoms with Gasteiger partial charge in [0, 0.05) is 26.2 Å². The van der Waals surface area contributed by atoms with Crippen molar-refractivity contribution < 1.29 is 9.53 Å².